The molecule has 2 N–H and O–H groups in total. The molecule has 2 aromatic rings. The third kappa shape index (κ3) is 8.14. The number of hydrogen-bond acceptors (Lipinski definition) is 4. The van der Waals surface area contributed by atoms with Crippen LogP contribution in [0.2, 0.25) is 0 Å². The summed E-state index contributed by atoms with van der Waals surface area (Å²) in [4.78, 5) is 8.52. The van der Waals surface area contributed by atoms with E-state index < -0.39 is 11.7 Å². The Morgan fingerprint density at radius 2 is 1.89 bits per heavy atom. The van der Waals surface area contributed by atoms with Crippen LogP contribution in [0.3, 0.4) is 0 Å². The van der Waals surface area contributed by atoms with E-state index in [4.69, 9.17) is 4.52 Å². The monoisotopic (exact) mass is 497 g/mol. The molecule has 0 amide bonds. The molecule has 6 nitrogen and oxygen atoms in total. The topological polar surface area (TPSA) is 75.3 Å². The van der Waals surface area contributed by atoms with Gasteiger partial charge in [-0.1, -0.05) is 17.3 Å². The van der Waals surface area contributed by atoms with E-state index in [0.717, 1.165) is 18.6 Å². The molecule has 2 rings (SSSR count). The first kappa shape index (κ1) is 23.2. The maximum atomic E-state index is 12.6. The van der Waals surface area contributed by atoms with E-state index in [1.165, 1.54) is 12.1 Å². The molecule has 150 valence electrons. The maximum absolute atomic E-state index is 12.6. The van der Waals surface area contributed by atoms with Gasteiger partial charge in [-0.3, -0.25) is 0 Å². The van der Waals surface area contributed by atoms with Crippen molar-refractivity contribution in [2.45, 2.75) is 39.4 Å². The summed E-state index contributed by atoms with van der Waals surface area (Å²) in [7, 11) is 0. The van der Waals surface area contributed by atoms with Gasteiger partial charge in [0.15, 0.2) is 11.8 Å². The summed E-state index contributed by atoms with van der Waals surface area (Å²) >= 11 is 0. The third-order valence-electron chi connectivity index (χ3n) is 3.47. The molecule has 1 aromatic carbocycles. The van der Waals surface area contributed by atoms with Crippen molar-refractivity contribution in [2.75, 3.05) is 13.1 Å². The number of halogens is 4. The minimum Gasteiger partial charge on any atom is -0.357 e. The van der Waals surface area contributed by atoms with Crippen molar-refractivity contribution in [3.63, 3.8) is 0 Å². The molecule has 0 unspecified atom stereocenters. The SMILES string of the molecule is CCNC(=NCc1ccc(C(F)(F)F)cc1)NCCCc1nc(C)no1.I. The predicted molar refractivity (Wildman–Crippen MR) is 107 cm³/mol. The molecular weight excluding hydrogens is 474 g/mol. The molecule has 0 bridgehead atoms. The molecule has 10 heteroatoms. The summed E-state index contributed by atoms with van der Waals surface area (Å²) in [5.74, 6) is 1.81. The standard InChI is InChI=1S/C17H22F3N5O.HI/c1-3-21-16(22-10-4-5-15-24-12(2)25-26-15)23-11-13-6-8-14(9-7-13)17(18,19)20;/h6-9H,3-5,10-11H2,1-2H3,(H2,21,22,23);1H. The van der Waals surface area contributed by atoms with Crippen molar-refractivity contribution in [3.05, 3.63) is 47.1 Å². The molecule has 0 aliphatic carbocycles. The lowest BCUT2D eigenvalue weighted by Gasteiger charge is -2.11. The number of nitrogens with zero attached hydrogens (tertiary/aromatic N) is 3. The van der Waals surface area contributed by atoms with Gasteiger partial charge in [0, 0.05) is 19.5 Å². The average molecular weight is 497 g/mol. The fourth-order valence-electron chi connectivity index (χ4n) is 2.20. The molecule has 0 spiro atoms. The Morgan fingerprint density at radius 3 is 2.44 bits per heavy atom. The van der Waals surface area contributed by atoms with Gasteiger partial charge in [0.1, 0.15) is 0 Å². The number of aliphatic imine (C=N–C) groups is 1. The third-order valence-corrected chi connectivity index (χ3v) is 3.47. The Bertz CT molecular complexity index is 716. The Morgan fingerprint density at radius 1 is 1.19 bits per heavy atom. The van der Waals surface area contributed by atoms with Gasteiger partial charge in [0.05, 0.1) is 12.1 Å². The van der Waals surface area contributed by atoms with E-state index in [1.807, 2.05) is 6.92 Å². The number of alkyl halides is 3. The Labute approximate surface area is 173 Å². The fourth-order valence-corrected chi connectivity index (χ4v) is 2.20. The van der Waals surface area contributed by atoms with E-state index in [2.05, 4.69) is 25.8 Å². The largest absolute Gasteiger partial charge is 0.416 e. The molecule has 1 heterocycles. The lowest BCUT2D eigenvalue weighted by Crippen LogP contribution is -2.37. The molecule has 0 saturated heterocycles. The molecule has 0 aliphatic heterocycles. The van der Waals surface area contributed by atoms with Gasteiger partial charge in [0.25, 0.3) is 0 Å². The first-order chi connectivity index (χ1) is 12.4. The van der Waals surface area contributed by atoms with E-state index in [1.54, 1.807) is 6.92 Å². The van der Waals surface area contributed by atoms with Crippen LogP contribution in [0.5, 0.6) is 0 Å². The van der Waals surface area contributed by atoms with Gasteiger partial charge in [0.2, 0.25) is 5.89 Å². The zero-order chi connectivity index (χ0) is 19.0. The van der Waals surface area contributed by atoms with Crippen molar-refractivity contribution in [1.29, 1.82) is 0 Å². The smallest absolute Gasteiger partial charge is 0.357 e. The average Bonchev–Trinajstić information content (AvgIpc) is 3.01. The van der Waals surface area contributed by atoms with Gasteiger partial charge in [-0.2, -0.15) is 18.2 Å². The van der Waals surface area contributed by atoms with Crippen LogP contribution in [0.25, 0.3) is 0 Å². The Kier molecular flexibility index (Phi) is 9.53. The van der Waals surface area contributed by atoms with E-state index in [9.17, 15) is 13.2 Å². The van der Waals surface area contributed by atoms with Gasteiger partial charge in [-0.15, -0.1) is 24.0 Å². The second-order valence-electron chi connectivity index (χ2n) is 5.66. The minimum absolute atomic E-state index is 0. The zero-order valence-electron chi connectivity index (χ0n) is 15.1. The number of hydrogen-bond donors (Lipinski definition) is 2. The highest BCUT2D eigenvalue weighted by molar-refractivity contribution is 14.0. The molecule has 0 fully saturated rings. The Hall–Kier alpha value is -1.85. The van der Waals surface area contributed by atoms with Crippen molar-refractivity contribution in [2.24, 2.45) is 4.99 Å². The molecule has 27 heavy (non-hydrogen) atoms. The molecule has 0 saturated carbocycles. The summed E-state index contributed by atoms with van der Waals surface area (Å²) in [6.07, 6.45) is -2.88. The second kappa shape index (κ2) is 11.1. The van der Waals surface area contributed by atoms with Crippen molar-refractivity contribution in [3.8, 4) is 0 Å². The highest BCUT2D eigenvalue weighted by atomic mass is 127. The number of rotatable bonds is 7. The van der Waals surface area contributed by atoms with Crippen LogP contribution in [0.1, 0.15) is 36.2 Å². The van der Waals surface area contributed by atoms with Crippen LogP contribution in [-0.2, 0) is 19.1 Å². The number of aryl methyl sites for hydroxylation is 2. The highest BCUT2D eigenvalue weighted by Crippen LogP contribution is 2.29. The summed E-state index contributed by atoms with van der Waals surface area (Å²) in [5, 5.41) is 10.0. The lowest BCUT2D eigenvalue weighted by atomic mass is 10.1. The molecular formula is C17H23F3IN5O. The van der Waals surface area contributed by atoms with Gasteiger partial charge in [-0.25, -0.2) is 4.99 Å². The van der Waals surface area contributed by atoms with Crippen LogP contribution in [0.4, 0.5) is 13.2 Å². The molecule has 0 atom stereocenters. The summed E-state index contributed by atoms with van der Waals surface area (Å²) in [6.45, 7) is 5.33. The van der Waals surface area contributed by atoms with Gasteiger partial charge in [-0.05, 0) is 38.0 Å². The van der Waals surface area contributed by atoms with Gasteiger partial charge < -0.3 is 15.2 Å². The van der Waals surface area contributed by atoms with Crippen LogP contribution in [0, 0.1) is 6.92 Å². The highest BCUT2D eigenvalue weighted by Gasteiger charge is 2.29. The van der Waals surface area contributed by atoms with E-state index in [0.29, 0.717) is 42.7 Å². The van der Waals surface area contributed by atoms with Crippen LogP contribution < -0.4 is 10.6 Å². The molecule has 0 aliphatic rings. The predicted octanol–water partition coefficient (Wildman–Crippen LogP) is 3.70. The summed E-state index contributed by atoms with van der Waals surface area (Å²) in [6, 6.07) is 5.01. The van der Waals surface area contributed by atoms with Crippen LogP contribution in [0.15, 0.2) is 33.8 Å². The van der Waals surface area contributed by atoms with E-state index >= 15 is 0 Å². The van der Waals surface area contributed by atoms with Crippen LogP contribution in [-0.4, -0.2) is 29.2 Å². The fraction of sp³-hybridized carbons (Fsp3) is 0.471. The first-order valence-electron chi connectivity index (χ1n) is 8.36. The van der Waals surface area contributed by atoms with E-state index in [-0.39, 0.29) is 30.5 Å². The lowest BCUT2D eigenvalue weighted by molar-refractivity contribution is -0.137. The van der Waals surface area contributed by atoms with Gasteiger partial charge >= 0.3 is 6.18 Å². The van der Waals surface area contributed by atoms with Crippen LogP contribution >= 0.6 is 24.0 Å². The second-order valence-corrected chi connectivity index (χ2v) is 5.66. The summed E-state index contributed by atoms with van der Waals surface area (Å²) in [5.41, 5.74) is 0.0445. The molecule has 0 radical (unpaired) electrons. The van der Waals surface area contributed by atoms with Crippen molar-refractivity contribution >= 4 is 29.9 Å². The summed E-state index contributed by atoms with van der Waals surface area (Å²) < 4.78 is 42.7. The molecule has 1 aromatic heterocycles. The quantitative estimate of drug-likeness (QED) is 0.264. The Balaban J connectivity index is 0.00000364. The minimum atomic E-state index is -4.32. The van der Waals surface area contributed by atoms with Crippen molar-refractivity contribution in [1.82, 2.24) is 20.8 Å². The number of guanidine groups is 1. The first-order valence-corrected chi connectivity index (χ1v) is 8.36. The maximum Gasteiger partial charge on any atom is 0.416 e. The number of aromatic nitrogens is 2. The number of nitrogens with one attached hydrogen (secondary N) is 2. The van der Waals surface area contributed by atoms with Crippen molar-refractivity contribution < 1.29 is 17.7 Å². The normalized spacial score (nSPS) is 11.8. The number of benzene rings is 1. The zero-order valence-corrected chi connectivity index (χ0v) is 17.5.